The van der Waals surface area contributed by atoms with Crippen LogP contribution in [0.15, 0.2) is 28.0 Å². The van der Waals surface area contributed by atoms with Crippen molar-refractivity contribution in [3.63, 3.8) is 0 Å². The Balaban J connectivity index is 1.72. The lowest BCUT2D eigenvalue weighted by Crippen LogP contribution is -2.40. The Hall–Kier alpha value is -2.76. The van der Waals surface area contributed by atoms with Crippen molar-refractivity contribution < 1.29 is 14.3 Å². The summed E-state index contributed by atoms with van der Waals surface area (Å²) < 4.78 is 7.34. The molecule has 0 aromatic carbocycles. The van der Waals surface area contributed by atoms with Crippen LogP contribution in [0.4, 0.5) is 5.82 Å². The predicted molar refractivity (Wildman–Crippen MR) is 141 cm³/mol. The van der Waals surface area contributed by atoms with Gasteiger partial charge in [0.05, 0.1) is 10.5 Å². The number of amides is 2. The number of carbonyl (C=O) groups is 2. The summed E-state index contributed by atoms with van der Waals surface area (Å²) in [4.78, 5) is 47.2. The molecule has 2 aromatic heterocycles. The summed E-state index contributed by atoms with van der Waals surface area (Å²) >= 11 is 6.63. The molecular weight excluding hydrogens is 486 g/mol. The van der Waals surface area contributed by atoms with E-state index in [1.165, 1.54) is 16.2 Å². The first-order chi connectivity index (χ1) is 16.8. The summed E-state index contributed by atoms with van der Waals surface area (Å²) in [5.74, 6) is -0.205. The van der Waals surface area contributed by atoms with Crippen LogP contribution in [0.2, 0.25) is 0 Å². The fraction of sp³-hybridized carbons (Fsp3) is 0.458. The average Bonchev–Trinajstić information content (AvgIpc) is 3.11. The maximum absolute atomic E-state index is 13.6. The zero-order chi connectivity index (χ0) is 25.1. The number of rotatable bonds is 8. The number of fused-ring (bicyclic) bond motifs is 1. The van der Waals surface area contributed by atoms with Crippen molar-refractivity contribution >= 4 is 57.7 Å². The molecule has 2 saturated heterocycles. The highest BCUT2D eigenvalue weighted by atomic mass is 32.2. The number of aryl methyl sites for hydroxylation is 1. The number of piperidine rings is 1. The van der Waals surface area contributed by atoms with Crippen LogP contribution in [-0.2, 0) is 14.3 Å². The van der Waals surface area contributed by atoms with Crippen LogP contribution in [0.1, 0.15) is 37.3 Å². The fourth-order valence-corrected chi connectivity index (χ4v) is 5.63. The van der Waals surface area contributed by atoms with Gasteiger partial charge in [-0.15, -0.1) is 0 Å². The molecule has 0 spiro atoms. The van der Waals surface area contributed by atoms with Crippen molar-refractivity contribution in [2.75, 3.05) is 37.7 Å². The van der Waals surface area contributed by atoms with E-state index in [1.807, 2.05) is 24.8 Å². The second kappa shape index (κ2) is 10.9. The zero-order valence-electron chi connectivity index (χ0n) is 19.9. The van der Waals surface area contributed by atoms with Crippen molar-refractivity contribution in [3.8, 4) is 0 Å². The number of nitrogens with zero attached hydrogens (tertiary/aromatic N) is 4. The van der Waals surface area contributed by atoms with Crippen molar-refractivity contribution in [3.05, 3.63) is 44.7 Å². The molecule has 0 bridgehead atoms. The number of hydrogen-bond donors (Lipinski definition) is 1. The second-order valence-corrected chi connectivity index (χ2v) is 10.3. The first-order valence-electron chi connectivity index (χ1n) is 11.7. The van der Waals surface area contributed by atoms with E-state index < -0.39 is 0 Å². The third-order valence-electron chi connectivity index (χ3n) is 6.28. The molecule has 2 amide bonds. The zero-order valence-corrected chi connectivity index (χ0v) is 21.5. The topological polar surface area (TPSA) is 110 Å². The van der Waals surface area contributed by atoms with Crippen molar-refractivity contribution in [2.45, 2.75) is 33.1 Å². The molecule has 9 nitrogen and oxygen atoms in total. The maximum atomic E-state index is 13.6. The van der Waals surface area contributed by atoms with Crippen molar-refractivity contribution in [1.82, 2.24) is 14.3 Å². The molecule has 0 saturated carbocycles. The smallest absolute Gasteiger partial charge is 0.267 e. The van der Waals surface area contributed by atoms with E-state index in [9.17, 15) is 14.4 Å². The molecule has 35 heavy (non-hydrogen) atoms. The second-order valence-electron chi connectivity index (χ2n) is 8.59. The quantitative estimate of drug-likeness (QED) is 0.324. The minimum absolute atomic E-state index is 0.189. The van der Waals surface area contributed by atoms with E-state index in [0.717, 1.165) is 5.56 Å². The molecule has 2 aliphatic heterocycles. The van der Waals surface area contributed by atoms with Crippen LogP contribution < -0.4 is 16.2 Å². The van der Waals surface area contributed by atoms with E-state index in [1.54, 1.807) is 23.2 Å². The molecule has 2 aliphatic rings. The lowest BCUT2D eigenvalue weighted by Gasteiger charge is -2.32. The Kier molecular flexibility index (Phi) is 7.88. The lowest BCUT2D eigenvalue weighted by molar-refractivity contribution is -0.123. The minimum Gasteiger partial charge on any atom is -0.382 e. The normalized spacial score (nSPS) is 18.3. The summed E-state index contributed by atoms with van der Waals surface area (Å²) in [6, 6.07) is 3.70. The molecule has 4 rings (SSSR count). The Bertz CT molecular complexity index is 1250. The van der Waals surface area contributed by atoms with Gasteiger partial charge in [-0.2, -0.15) is 0 Å². The molecule has 186 valence electrons. The van der Waals surface area contributed by atoms with E-state index in [0.29, 0.717) is 78.4 Å². The van der Waals surface area contributed by atoms with Gasteiger partial charge >= 0.3 is 0 Å². The lowest BCUT2D eigenvalue weighted by atomic mass is 9.96. The number of hydrogen-bond acceptors (Lipinski definition) is 8. The molecule has 0 aliphatic carbocycles. The Morgan fingerprint density at radius 3 is 2.77 bits per heavy atom. The van der Waals surface area contributed by atoms with Gasteiger partial charge in [0.15, 0.2) is 0 Å². The van der Waals surface area contributed by atoms with Crippen LogP contribution in [-0.4, -0.2) is 63.3 Å². The van der Waals surface area contributed by atoms with Gasteiger partial charge in [0.2, 0.25) is 5.91 Å². The van der Waals surface area contributed by atoms with Gasteiger partial charge in [0.25, 0.3) is 11.5 Å². The Morgan fingerprint density at radius 1 is 1.34 bits per heavy atom. The third kappa shape index (κ3) is 5.26. The molecule has 2 aromatic rings. The number of ether oxygens (including phenoxy) is 1. The van der Waals surface area contributed by atoms with E-state index in [-0.39, 0.29) is 23.3 Å². The summed E-state index contributed by atoms with van der Waals surface area (Å²) in [5.41, 5.74) is 7.00. The van der Waals surface area contributed by atoms with Crippen molar-refractivity contribution in [2.24, 2.45) is 11.7 Å². The van der Waals surface area contributed by atoms with Crippen LogP contribution in [0.5, 0.6) is 0 Å². The van der Waals surface area contributed by atoms with Gasteiger partial charge in [-0.3, -0.25) is 23.7 Å². The summed E-state index contributed by atoms with van der Waals surface area (Å²) in [6.45, 7) is 6.54. The van der Waals surface area contributed by atoms with Crippen molar-refractivity contribution in [1.29, 1.82) is 0 Å². The average molecular weight is 516 g/mol. The van der Waals surface area contributed by atoms with Gasteiger partial charge in [0.1, 0.15) is 15.8 Å². The van der Waals surface area contributed by atoms with Crippen LogP contribution in [0, 0.1) is 12.8 Å². The van der Waals surface area contributed by atoms with E-state index >= 15 is 0 Å². The number of carbonyl (C=O) groups excluding carboxylic acids is 2. The fourth-order valence-electron chi connectivity index (χ4n) is 4.34. The van der Waals surface area contributed by atoms with Crippen LogP contribution in [0.25, 0.3) is 11.7 Å². The number of primary amides is 1. The van der Waals surface area contributed by atoms with E-state index in [4.69, 9.17) is 27.7 Å². The molecule has 0 unspecified atom stereocenters. The SMILES string of the molecule is CCOCCCN1C(=O)C(=Cc2c(N3CCC(C(N)=O)CC3)nc3c(C)cccn3c2=O)SC1=S. The molecule has 4 heterocycles. The van der Waals surface area contributed by atoms with E-state index in [2.05, 4.69) is 0 Å². The van der Waals surface area contributed by atoms with Gasteiger partial charge in [-0.25, -0.2) is 4.98 Å². The first kappa shape index (κ1) is 25.3. The predicted octanol–water partition coefficient (Wildman–Crippen LogP) is 2.33. The molecule has 0 radical (unpaired) electrons. The van der Waals surface area contributed by atoms with Gasteiger partial charge in [-0.05, 0) is 50.8 Å². The minimum atomic E-state index is -0.305. The van der Waals surface area contributed by atoms with Crippen LogP contribution in [0.3, 0.4) is 0 Å². The van der Waals surface area contributed by atoms with Gasteiger partial charge in [0, 0.05) is 45.0 Å². The van der Waals surface area contributed by atoms with Gasteiger partial charge in [-0.1, -0.05) is 30.0 Å². The molecule has 0 atom stereocenters. The Morgan fingerprint density at radius 2 is 2.09 bits per heavy atom. The van der Waals surface area contributed by atoms with Gasteiger partial charge < -0.3 is 15.4 Å². The number of anilines is 1. The monoisotopic (exact) mass is 515 g/mol. The number of thioether (sulfide) groups is 1. The maximum Gasteiger partial charge on any atom is 0.267 e. The number of aromatic nitrogens is 2. The largest absolute Gasteiger partial charge is 0.382 e. The number of nitrogens with two attached hydrogens (primary N) is 1. The first-order valence-corrected chi connectivity index (χ1v) is 12.9. The molecule has 2 fully saturated rings. The molecular formula is C24H29N5O4S2. The number of thiocarbonyl (C=S) groups is 1. The molecule has 2 N–H and O–H groups in total. The van der Waals surface area contributed by atoms with Crippen LogP contribution >= 0.6 is 24.0 Å². The summed E-state index contributed by atoms with van der Waals surface area (Å²) in [5, 5.41) is 0. The summed E-state index contributed by atoms with van der Waals surface area (Å²) in [7, 11) is 0. The Labute approximate surface area is 213 Å². The standard InChI is InChI=1S/C24H29N5O4S2/c1-3-33-13-5-10-29-23(32)18(35-24(29)34)14-17-21(27-11-7-16(8-12-27)19(25)30)26-20-15(2)6-4-9-28(20)22(17)31/h4,6,9,14,16H,3,5,7-8,10-13H2,1-2H3,(H2,25,30). The summed E-state index contributed by atoms with van der Waals surface area (Å²) in [6.07, 6.45) is 5.14. The third-order valence-corrected chi connectivity index (χ3v) is 7.66. The highest BCUT2D eigenvalue weighted by Crippen LogP contribution is 2.34. The highest BCUT2D eigenvalue weighted by Gasteiger charge is 2.33. The molecule has 11 heteroatoms. The number of pyridine rings is 1. The highest BCUT2D eigenvalue weighted by molar-refractivity contribution is 8.26.